The summed E-state index contributed by atoms with van der Waals surface area (Å²) < 4.78 is 10.5. The lowest BCUT2D eigenvalue weighted by Crippen LogP contribution is -2.33. The number of methoxy groups -OCH3 is 2. The van der Waals surface area contributed by atoms with E-state index in [1.165, 1.54) is 31.0 Å². The summed E-state index contributed by atoms with van der Waals surface area (Å²) in [4.78, 5) is 29.4. The number of thioether (sulfide) groups is 1. The molecule has 0 spiro atoms. The monoisotopic (exact) mass is 401 g/mol. The zero-order chi connectivity index (χ0) is 20.1. The van der Waals surface area contributed by atoms with Gasteiger partial charge < -0.3 is 9.47 Å². The van der Waals surface area contributed by atoms with E-state index in [-0.39, 0.29) is 11.6 Å². The molecule has 2 aromatic carbocycles. The van der Waals surface area contributed by atoms with Crippen molar-refractivity contribution in [2.24, 2.45) is 4.99 Å². The molecule has 0 saturated heterocycles. The van der Waals surface area contributed by atoms with Crippen LogP contribution in [0.3, 0.4) is 0 Å². The Morgan fingerprint density at radius 3 is 2.61 bits per heavy atom. The summed E-state index contributed by atoms with van der Waals surface area (Å²) in [5.74, 6) is 1.42. The summed E-state index contributed by atoms with van der Waals surface area (Å²) in [6, 6.07) is 11.4. The van der Waals surface area contributed by atoms with Gasteiger partial charge in [-0.05, 0) is 17.7 Å². The third kappa shape index (κ3) is 4.25. The van der Waals surface area contributed by atoms with Crippen LogP contribution in [0.25, 0.3) is 0 Å². The summed E-state index contributed by atoms with van der Waals surface area (Å²) in [5.41, 5.74) is 1.41. The van der Waals surface area contributed by atoms with Crippen molar-refractivity contribution in [3.8, 4) is 11.5 Å². The van der Waals surface area contributed by atoms with Crippen LogP contribution in [-0.4, -0.2) is 48.2 Å². The van der Waals surface area contributed by atoms with Crippen molar-refractivity contribution < 1.29 is 19.2 Å². The molecule has 0 aliphatic carbocycles. The predicted molar refractivity (Wildman–Crippen MR) is 107 cm³/mol. The molecule has 8 nitrogen and oxygen atoms in total. The number of nitro groups is 1. The van der Waals surface area contributed by atoms with Crippen LogP contribution in [0.2, 0.25) is 0 Å². The van der Waals surface area contributed by atoms with Crippen molar-refractivity contribution in [1.82, 2.24) is 4.90 Å². The van der Waals surface area contributed by atoms with Crippen molar-refractivity contribution in [1.29, 1.82) is 0 Å². The quantitative estimate of drug-likeness (QED) is 0.544. The van der Waals surface area contributed by atoms with Gasteiger partial charge in [0.2, 0.25) is 0 Å². The molecule has 28 heavy (non-hydrogen) atoms. The van der Waals surface area contributed by atoms with E-state index < -0.39 is 4.92 Å². The first kappa shape index (κ1) is 19.7. The highest BCUT2D eigenvalue weighted by Crippen LogP contribution is 2.28. The molecule has 146 valence electrons. The first-order valence-corrected chi connectivity index (χ1v) is 9.46. The highest BCUT2D eigenvalue weighted by atomic mass is 32.2. The van der Waals surface area contributed by atoms with Gasteiger partial charge in [0.15, 0.2) is 5.17 Å². The van der Waals surface area contributed by atoms with E-state index in [9.17, 15) is 14.9 Å². The zero-order valence-corrected chi connectivity index (χ0v) is 16.3. The third-order valence-corrected chi connectivity index (χ3v) is 5.29. The van der Waals surface area contributed by atoms with E-state index in [1.54, 1.807) is 42.3 Å². The van der Waals surface area contributed by atoms with E-state index in [2.05, 4.69) is 4.99 Å². The normalized spacial score (nSPS) is 13.2. The summed E-state index contributed by atoms with van der Waals surface area (Å²) in [6.07, 6.45) is 0. The van der Waals surface area contributed by atoms with Crippen LogP contribution in [0.4, 0.5) is 5.69 Å². The number of non-ortho nitro benzene ring substituents is 1. The molecule has 1 heterocycles. The van der Waals surface area contributed by atoms with Crippen LogP contribution in [0, 0.1) is 10.1 Å². The second-order valence-electron chi connectivity index (χ2n) is 5.90. The fourth-order valence-electron chi connectivity index (χ4n) is 2.72. The molecular formula is C19H19N3O5S. The number of ether oxygens (including phenoxy) is 2. The maximum atomic E-state index is 13.0. The van der Waals surface area contributed by atoms with Gasteiger partial charge in [-0.15, -0.1) is 0 Å². The Balaban J connectivity index is 1.70. The van der Waals surface area contributed by atoms with Crippen LogP contribution in [-0.2, 0) is 5.75 Å². The lowest BCUT2D eigenvalue weighted by atomic mass is 10.1. The smallest absolute Gasteiger partial charge is 0.269 e. The molecule has 0 N–H and O–H groups in total. The van der Waals surface area contributed by atoms with Gasteiger partial charge in [0.25, 0.3) is 11.6 Å². The second kappa shape index (κ2) is 8.75. The fourth-order valence-corrected chi connectivity index (χ4v) is 3.72. The summed E-state index contributed by atoms with van der Waals surface area (Å²) in [6.45, 7) is 1.03. The van der Waals surface area contributed by atoms with Crippen LogP contribution in [0.1, 0.15) is 15.9 Å². The summed E-state index contributed by atoms with van der Waals surface area (Å²) >= 11 is 1.42. The number of amidine groups is 1. The van der Waals surface area contributed by atoms with Crippen LogP contribution in [0.5, 0.6) is 11.5 Å². The lowest BCUT2D eigenvalue weighted by Gasteiger charge is -2.19. The maximum Gasteiger partial charge on any atom is 0.269 e. The average Bonchev–Trinajstić information content (AvgIpc) is 3.20. The average molecular weight is 401 g/mol. The number of carbonyl (C=O) groups is 1. The standard InChI is InChI=1S/C19H19N3O5S/c1-26-15-7-8-16(17(11-15)27-2)18(23)21-10-9-20-19(21)28-12-13-3-5-14(6-4-13)22(24)25/h3-8,11H,9-10,12H2,1-2H3. The number of hydrogen-bond donors (Lipinski definition) is 0. The molecule has 0 atom stereocenters. The second-order valence-corrected chi connectivity index (χ2v) is 6.84. The molecule has 0 saturated carbocycles. The minimum atomic E-state index is -0.430. The van der Waals surface area contributed by atoms with Gasteiger partial charge in [0, 0.05) is 30.5 Å². The molecule has 0 unspecified atom stereocenters. The van der Waals surface area contributed by atoms with Crippen molar-refractivity contribution in [3.63, 3.8) is 0 Å². The van der Waals surface area contributed by atoms with E-state index in [4.69, 9.17) is 9.47 Å². The summed E-state index contributed by atoms with van der Waals surface area (Å²) in [7, 11) is 3.06. The number of nitro benzene ring substituents is 1. The third-order valence-electron chi connectivity index (χ3n) is 4.20. The van der Waals surface area contributed by atoms with E-state index in [0.717, 1.165) is 5.56 Å². The molecule has 0 aromatic heterocycles. The van der Waals surface area contributed by atoms with Gasteiger partial charge in [-0.1, -0.05) is 23.9 Å². The first-order valence-electron chi connectivity index (χ1n) is 8.48. The Hall–Kier alpha value is -3.07. The van der Waals surface area contributed by atoms with E-state index >= 15 is 0 Å². The minimum absolute atomic E-state index is 0.0513. The van der Waals surface area contributed by atoms with E-state index in [0.29, 0.717) is 41.1 Å². The van der Waals surface area contributed by atoms with Crippen LogP contribution >= 0.6 is 11.8 Å². The highest BCUT2D eigenvalue weighted by Gasteiger charge is 2.27. The van der Waals surface area contributed by atoms with Gasteiger partial charge in [-0.2, -0.15) is 0 Å². The Kier molecular flexibility index (Phi) is 6.15. The Morgan fingerprint density at radius 1 is 1.21 bits per heavy atom. The molecule has 1 aliphatic heterocycles. The minimum Gasteiger partial charge on any atom is -0.497 e. The number of benzene rings is 2. The molecule has 0 fully saturated rings. The van der Waals surface area contributed by atoms with Gasteiger partial charge in [-0.25, -0.2) is 0 Å². The number of carbonyl (C=O) groups excluding carboxylic acids is 1. The Labute approximate surface area is 166 Å². The molecule has 1 amide bonds. The van der Waals surface area contributed by atoms with Gasteiger partial charge in [0.05, 0.1) is 31.3 Å². The number of hydrogen-bond acceptors (Lipinski definition) is 7. The molecule has 0 radical (unpaired) electrons. The zero-order valence-electron chi connectivity index (χ0n) is 15.5. The highest BCUT2D eigenvalue weighted by molar-refractivity contribution is 8.13. The number of amides is 1. The van der Waals surface area contributed by atoms with Crippen molar-refractivity contribution >= 4 is 28.5 Å². The van der Waals surface area contributed by atoms with Gasteiger partial charge in [0.1, 0.15) is 11.5 Å². The number of aliphatic imine (C=N–C) groups is 1. The van der Waals surface area contributed by atoms with Crippen molar-refractivity contribution in [2.45, 2.75) is 5.75 Å². The van der Waals surface area contributed by atoms with Gasteiger partial charge >= 0.3 is 0 Å². The lowest BCUT2D eigenvalue weighted by molar-refractivity contribution is -0.384. The summed E-state index contributed by atoms with van der Waals surface area (Å²) in [5, 5.41) is 11.4. The largest absolute Gasteiger partial charge is 0.497 e. The molecule has 9 heteroatoms. The SMILES string of the molecule is COc1ccc(C(=O)N2CCN=C2SCc2ccc([N+](=O)[O-])cc2)c(OC)c1. The van der Waals surface area contributed by atoms with E-state index in [1.807, 2.05) is 0 Å². The fraction of sp³-hybridized carbons (Fsp3) is 0.263. The van der Waals surface area contributed by atoms with Crippen LogP contribution < -0.4 is 9.47 Å². The maximum absolute atomic E-state index is 13.0. The van der Waals surface area contributed by atoms with Crippen molar-refractivity contribution in [2.75, 3.05) is 27.3 Å². The van der Waals surface area contributed by atoms with Crippen LogP contribution in [0.15, 0.2) is 47.5 Å². The molecule has 2 aromatic rings. The molecular weight excluding hydrogens is 382 g/mol. The molecule has 0 bridgehead atoms. The predicted octanol–water partition coefficient (Wildman–Crippen LogP) is 3.36. The Bertz CT molecular complexity index is 914. The van der Waals surface area contributed by atoms with Crippen molar-refractivity contribution in [3.05, 3.63) is 63.7 Å². The molecule has 3 rings (SSSR count). The topological polar surface area (TPSA) is 94.3 Å². The molecule has 1 aliphatic rings. The first-order chi connectivity index (χ1) is 13.5. The number of rotatable bonds is 6. The van der Waals surface area contributed by atoms with Gasteiger partial charge in [-0.3, -0.25) is 24.8 Å². The Morgan fingerprint density at radius 2 is 1.96 bits per heavy atom. The number of nitrogens with zero attached hydrogens (tertiary/aromatic N) is 3.